The molecule has 2 aliphatic carbocycles. The lowest BCUT2D eigenvalue weighted by Gasteiger charge is -2.30. The molecule has 0 heterocycles. The Balaban J connectivity index is 2.25. The number of carboxylic acids is 1. The molecule has 1 unspecified atom stereocenters. The molecule has 1 aromatic carbocycles. The van der Waals surface area contributed by atoms with Crippen molar-refractivity contribution in [3.05, 3.63) is 47.5 Å². The van der Waals surface area contributed by atoms with E-state index in [1.807, 2.05) is 19.1 Å². The van der Waals surface area contributed by atoms with Crippen molar-refractivity contribution in [2.75, 3.05) is 0 Å². The molecule has 1 saturated carbocycles. The molecule has 3 rings (SSSR count). The van der Waals surface area contributed by atoms with Crippen molar-refractivity contribution >= 4 is 5.97 Å². The number of aliphatic carboxylic acids is 1. The van der Waals surface area contributed by atoms with Gasteiger partial charge >= 0.3 is 5.97 Å². The fraction of sp³-hybridized carbons (Fsp3) is 0.400. The predicted molar refractivity (Wildman–Crippen MR) is 66.0 cm³/mol. The Hall–Kier alpha value is -1.57. The van der Waals surface area contributed by atoms with Crippen LogP contribution in [0.4, 0.5) is 0 Å². The third-order valence-electron chi connectivity index (χ3n) is 4.65. The molecule has 2 heteroatoms. The van der Waals surface area contributed by atoms with Crippen LogP contribution in [-0.2, 0) is 4.79 Å². The van der Waals surface area contributed by atoms with E-state index in [4.69, 9.17) is 0 Å². The van der Waals surface area contributed by atoms with E-state index in [0.29, 0.717) is 0 Å². The maximum absolute atomic E-state index is 11.8. The number of carboxylic acid groups (broad SMARTS) is 1. The highest BCUT2D eigenvalue weighted by Gasteiger charge is 2.62. The van der Waals surface area contributed by atoms with Crippen LogP contribution >= 0.6 is 0 Å². The monoisotopic (exact) mass is 228 g/mol. The van der Waals surface area contributed by atoms with Crippen molar-refractivity contribution in [1.82, 2.24) is 0 Å². The Kier molecular flexibility index (Phi) is 2.00. The summed E-state index contributed by atoms with van der Waals surface area (Å²) in [5, 5.41) is 9.73. The number of hydrogen-bond acceptors (Lipinski definition) is 1. The summed E-state index contributed by atoms with van der Waals surface area (Å²) in [6.45, 7) is 5.84. The van der Waals surface area contributed by atoms with Gasteiger partial charge in [0.25, 0.3) is 0 Å². The van der Waals surface area contributed by atoms with Gasteiger partial charge in [-0.05, 0) is 30.9 Å². The molecule has 1 N–H and O–H groups in total. The first-order chi connectivity index (χ1) is 8.10. The van der Waals surface area contributed by atoms with Crippen molar-refractivity contribution in [2.45, 2.75) is 31.6 Å². The van der Waals surface area contributed by atoms with E-state index in [1.165, 1.54) is 11.1 Å². The van der Waals surface area contributed by atoms with Crippen LogP contribution in [0.15, 0.2) is 36.4 Å². The first kappa shape index (κ1) is 10.6. The minimum atomic E-state index is -0.746. The zero-order chi connectivity index (χ0) is 12.2. The van der Waals surface area contributed by atoms with Crippen LogP contribution in [0, 0.1) is 5.41 Å². The van der Waals surface area contributed by atoms with Crippen molar-refractivity contribution in [3.63, 3.8) is 0 Å². The number of fused-ring (bicyclic) bond motifs is 5. The van der Waals surface area contributed by atoms with E-state index in [2.05, 4.69) is 18.7 Å². The Labute approximate surface area is 101 Å². The molecule has 2 nitrogen and oxygen atoms in total. The highest BCUT2D eigenvalue weighted by molar-refractivity contribution is 5.84. The molecular weight excluding hydrogens is 212 g/mol. The van der Waals surface area contributed by atoms with E-state index in [0.717, 1.165) is 18.4 Å². The maximum Gasteiger partial charge on any atom is 0.315 e. The average Bonchev–Trinajstić information content (AvgIpc) is 2.81. The van der Waals surface area contributed by atoms with Crippen LogP contribution in [0.3, 0.4) is 0 Å². The predicted octanol–water partition coefficient (Wildman–Crippen LogP) is 3.31. The van der Waals surface area contributed by atoms with Crippen LogP contribution in [0.1, 0.15) is 42.7 Å². The van der Waals surface area contributed by atoms with Gasteiger partial charge in [-0.2, -0.15) is 0 Å². The summed E-state index contributed by atoms with van der Waals surface area (Å²) in [5.74, 6) is -0.453. The molecule has 0 aromatic heterocycles. The van der Waals surface area contributed by atoms with Crippen LogP contribution in [-0.4, -0.2) is 11.1 Å². The number of rotatable bonds is 2. The van der Waals surface area contributed by atoms with Crippen LogP contribution in [0.25, 0.3) is 0 Å². The van der Waals surface area contributed by atoms with Gasteiger partial charge < -0.3 is 5.11 Å². The average molecular weight is 228 g/mol. The highest BCUT2D eigenvalue weighted by atomic mass is 16.4. The van der Waals surface area contributed by atoms with E-state index in [-0.39, 0.29) is 11.8 Å². The van der Waals surface area contributed by atoms with Gasteiger partial charge in [-0.15, -0.1) is 0 Å². The SMILES string of the molecule is C=C(C)C1(C(=O)O)[C@@H]2CC[C@H]1c1ccccc12. The van der Waals surface area contributed by atoms with Gasteiger partial charge in [0.1, 0.15) is 5.41 Å². The molecule has 0 spiro atoms. The van der Waals surface area contributed by atoms with E-state index >= 15 is 0 Å². The normalized spacial score (nSPS) is 33.5. The van der Waals surface area contributed by atoms with Gasteiger partial charge in [0.2, 0.25) is 0 Å². The molecule has 0 amide bonds. The van der Waals surface area contributed by atoms with Crippen molar-refractivity contribution in [2.24, 2.45) is 5.41 Å². The third kappa shape index (κ3) is 1.03. The standard InChI is InChI=1S/C15H16O2/c1-9(2)15(14(16)17)12-7-8-13(15)11-6-4-3-5-10(11)12/h3-6,12-13H,1,7-8H2,2H3,(H,16,17)/t12-,13+,15?. The molecule has 0 aliphatic heterocycles. The zero-order valence-corrected chi connectivity index (χ0v) is 9.94. The Morgan fingerprint density at radius 2 is 1.76 bits per heavy atom. The van der Waals surface area contributed by atoms with Crippen molar-refractivity contribution in [1.29, 1.82) is 0 Å². The molecule has 3 atom stereocenters. The number of hydrogen-bond donors (Lipinski definition) is 1. The second-order valence-electron chi connectivity index (χ2n) is 5.27. The quantitative estimate of drug-likeness (QED) is 0.788. The fourth-order valence-corrected chi connectivity index (χ4v) is 4.05. The van der Waals surface area contributed by atoms with Crippen molar-refractivity contribution in [3.8, 4) is 0 Å². The van der Waals surface area contributed by atoms with Crippen LogP contribution in [0.2, 0.25) is 0 Å². The number of benzene rings is 1. The van der Waals surface area contributed by atoms with Gasteiger partial charge in [0.15, 0.2) is 0 Å². The van der Waals surface area contributed by atoms with Gasteiger partial charge in [-0.3, -0.25) is 4.79 Å². The second kappa shape index (κ2) is 3.22. The van der Waals surface area contributed by atoms with E-state index in [1.54, 1.807) is 0 Å². The lowest BCUT2D eigenvalue weighted by molar-refractivity contribution is -0.147. The first-order valence-corrected chi connectivity index (χ1v) is 6.08. The topological polar surface area (TPSA) is 37.3 Å². The van der Waals surface area contributed by atoms with Gasteiger partial charge in [-0.25, -0.2) is 0 Å². The molecule has 1 aromatic rings. The van der Waals surface area contributed by atoms with Gasteiger partial charge in [0.05, 0.1) is 0 Å². The summed E-state index contributed by atoms with van der Waals surface area (Å²) >= 11 is 0. The van der Waals surface area contributed by atoms with Crippen LogP contribution < -0.4 is 0 Å². The van der Waals surface area contributed by atoms with Crippen molar-refractivity contribution < 1.29 is 9.90 Å². The Morgan fingerprint density at radius 3 is 2.12 bits per heavy atom. The molecule has 2 aliphatic rings. The summed E-state index contributed by atoms with van der Waals surface area (Å²) in [6, 6.07) is 8.18. The van der Waals surface area contributed by atoms with Gasteiger partial charge in [0, 0.05) is 11.8 Å². The second-order valence-corrected chi connectivity index (χ2v) is 5.27. The third-order valence-corrected chi connectivity index (χ3v) is 4.65. The summed E-state index contributed by atoms with van der Waals surface area (Å²) in [7, 11) is 0. The smallest absolute Gasteiger partial charge is 0.315 e. The molecule has 17 heavy (non-hydrogen) atoms. The minimum Gasteiger partial charge on any atom is -0.481 e. The molecular formula is C15H16O2. The Morgan fingerprint density at radius 1 is 1.29 bits per heavy atom. The largest absolute Gasteiger partial charge is 0.481 e. The van der Waals surface area contributed by atoms with E-state index < -0.39 is 11.4 Å². The molecule has 0 saturated heterocycles. The fourth-order valence-electron chi connectivity index (χ4n) is 4.05. The lowest BCUT2D eigenvalue weighted by atomic mass is 9.71. The maximum atomic E-state index is 11.8. The summed E-state index contributed by atoms with van der Waals surface area (Å²) < 4.78 is 0. The summed E-state index contributed by atoms with van der Waals surface area (Å²) in [4.78, 5) is 11.8. The Bertz CT molecular complexity index is 468. The zero-order valence-electron chi connectivity index (χ0n) is 9.94. The molecule has 88 valence electrons. The first-order valence-electron chi connectivity index (χ1n) is 6.08. The molecule has 1 fully saturated rings. The molecule has 0 radical (unpaired) electrons. The van der Waals surface area contributed by atoms with Gasteiger partial charge in [-0.1, -0.05) is 36.4 Å². The lowest BCUT2D eigenvalue weighted by Crippen LogP contribution is -2.35. The van der Waals surface area contributed by atoms with Crippen LogP contribution in [0.5, 0.6) is 0 Å². The highest BCUT2D eigenvalue weighted by Crippen LogP contribution is 2.67. The van der Waals surface area contributed by atoms with E-state index in [9.17, 15) is 9.90 Å². The minimum absolute atomic E-state index is 0.124. The number of carbonyl (C=O) groups is 1. The summed E-state index contributed by atoms with van der Waals surface area (Å²) in [6.07, 6.45) is 1.95. The summed E-state index contributed by atoms with van der Waals surface area (Å²) in [5.41, 5.74) is 2.51. The molecule has 2 bridgehead atoms.